The second kappa shape index (κ2) is 4.10. The second-order valence-electron chi connectivity index (χ2n) is 4.10. The van der Waals surface area contributed by atoms with Crippen molar-refractivity contribution in [3.8, 4) is 5.75 Å². The molecule has 1 fully saturated rings. The number of aromatic nitrogens is 1. The predicted molar refractivity (Wildman–Crippen MR) is 63.6 cm³/mol. The molecule has 3 nitrogen and oxygen atoms in total. The van der Waals surface area contributed by atoms with E-state index in [1.165, 1.54) is 0 Å². The molecule has 1 atom stereocenters. The van der Waals surface area contributed by atoms with Crippen LogP contribution in [0.15, 0.2) is 36.5 Å². The summed E-state index contributed by atoms with van der Waals surface area (Å²) in [7, 11) is 0. The lowest BCUT2D eigenvalue weighted by molar-refractivity contribution is 0.222. The SMILES string of the molecule is c1ccc2ncc(O[C@H]3CCNC3)cc2c1. The van der Waals surface area contributed by atoms with Crippen molar-refractivity contribution in [2.75, 3.05) is 13.1 Å². The van der Waals surface area contributed by atoms with Gasteiger partial charge in [-0.15, -0.1) is 0 Å². The average molecular weight is 214 g/mol. The van der Waals surface area contributed by atoms with E-state index in [9.17, 15) is 0 Å². The molecule has 1 aromatic carbocycles. The Morgan fingerprint density at radius 3 is 3.12 bits per heavy atom. The Morgan fingerprint density at radius 1 is 1.31 bits per heavy atom. The van der Waals surface area contributed by atoms with E-state index >= 15 is 0 Å². The minimum absolute atomic E-state index is 0.294. The van der Waals surface area contributed by atoms with Gasteiger partial charge in [-0.2, -0.15) is 0 Å². The van der Waals surface area contributed by atoms with Gasteiger partial charge in [-0.25, -0.2) is 0 Å². The fourth-order valence-electron chi connectivity index (χ4n) is 2.04. The molecule has 1 N–H and O–H groups in total. The van der Waals surface area contributed by atoms with E-state index in [1.807, 2.05) is 18.2 Å². The first-order chi connectivity index (χ1) is 7.92. The van der Waals surface area contributed by atoms with Crippen LogP contribution in [0.3, 0.4) is 0 Å². The number of hydrogen-bond acceptors (Lipinski definition) is 3. The van der Waals surface area contributed by atoms with Crippen molar-refractivity contribution in [2.45, 2.75) is 12.5 Å². The molecule has 0 unspecified atom stereocenters. The van der Waals surface area contributed by atoms with Gasteiger partial charge in [-0.05, 0) is 25.1 Å². The molecule has 2 heterocycles. The molecule has 82 valence electrons. The van der Waals surface area contributed by atoms with E-state index in [2.05, 4.69) is 22.4 Å². The number of fused-ring (bicyclic) bond motifs is 1. The number of hydrogen-bond donors (Lipinski definition) is 1. The Kier molecular flexibility index (Phi) is 2.46. The van der Waals surface area contributed by atoms with E-state index in [1.54, 1.807) is 6.20 Å². The molecule has 0 bridgehead atoms. The summed E-state index contributed by atoms with van der Waals surface area (Å²) in [4.78, 5) is 4.38. The fourth-order valence-corrected chi connectivity index (χ4v) is 2.04. The maximum absolute atomic E-state index is 5.86. The van der Waals surface area contributed by atoms with Crippen molar-refractivity contribution < 1.29 is 4.74 Å². The molecule has 0 spiro atoms. The monoisotopic (exact) mass is 214 g/mol. The highest BCUT2D eigenvalue weighted by Crippen LogP contribution is 2.19. The summed E-state index contributed by atoms with van der Waals surface area (Å²) in [6, 6.07) is 10.1. The summed E-state index contributed by atoms with van der Waals surface area (Å²) in [5, 5.41) is 4.41. The number of benzene rings is 1. The quantitative estimate of drug-likeness (QED) is 0.830. The van der Waals surface area contributed by atoms with Crippen molar-refractivity contribution >= 4 is 10.9 Å². The summed E-state index contributed by atoms with van der Waals surface area (Å²) >= 11 is 0. The molecule has 0 aliphatic carbocycles. The number of pyridine rings is 1. The van der Waals surface area contributed by atoms with Gasteiger partial charge in [0.15, 0.2) is 0 Å². The molecule has 0 amide bonds. The Hall–Kier alpha value is -1.61. The molecule has 0 radical (unpaired) electrons. The third-order valence-electron chi connectivity index (χ3n) is 2.88. The minimum Gasteiger partial charge on any atom is -0.487 e. The summed E-state index contributed by atoms with van der Waals surface area (Å²) in [6.07, 6.45) is 3.18. The zero-order chi connectivity index (χ0) is 10.8. The Bertz CT molecular complexity index is 492. The smallest absolute Gasteiger partial charge is 0.138 e. The van der Waals surface area contributed by atoms with Gasteiger partial charge < -0.3 is 10.1 Å². The highest BCUT2D eigenvalue weighted by molar-refractivity contribution is 5.79. The minimum atomic E-state index is 0.294. The van der Waals surface area contributed by atoms with Crippen LogP contribution in [0, 0.1) is 0 Å². The molecule has 1 saturated heterocycles. The van der Waals surface area contributed by atoms with Crippen LogP contribution in [-0.2, 0) is 0 Å². The van der Waals surface area contributed by atoms with E-state index in [4.69, 9.17) is 4.74 Å². The molecular weight excluding hydrogens is 200 g/mol. The van der Waals surface area contributed by atoms with Gasteiger partial charge in [-0.1, -0.05) is 18.2 Å². The Labute approximate surface area is 94.5 Å². The molecule has 3 rings (SSSR count). The first kappa shape index (κ1) is 9.60. The maximum Gasteiger partial charge on any atom is 0.138 e. The third kappa shape index (κ3) is 1.86. The summed E-state index contributed by atoms with van der Waals surface area (Å²) in [5.41, 5.74) is 1.01. The second-order valence-corrected chi connectivity index (χ2v) is 4.10. The van der Waals surface area contributed by atoms with Crippen molar-refractivity contribution in [1.82, 2.24) is 10.3 Å². The van der Waals surface area contributed by atoms with Gasteiger partial charge in [-0.3, -0.25) is 4.98 Å². The van der Waals surface area contributed by atoms with Crippen LogP contribution in [0.5, 0.6) is 5.75 Å². The van der Waals surface area contributed by atoms with E-state index in [0.29, 0.717) is 6.10 Å². The van der Waals surface area contributed by atoms with Crippen LogP contribution in [0.1, 0.15) is 6.42 Å². The van der Waals surface area contributed by atoms with Gasteiger partial charge in [0.25, 0.3) is 0 Å². The molecule has 3 heteroatoms. The predicted octanol–water partition coefficient (Wildman–Crippen LogP) is 1.98. The van der Waals surface area contributed by atoms with Gasteiger partial charge >= 0.3 is 0 Å². The van der Waals surface area contributed by atoms with Crippen LogP contribution in [-0.4, -0.2) is 24.2 Å². The normalized spacial score (nSPS) is 20.1. The van der Waals surface area contributed by atoms with Gasteiger partial charge in [0.2, 0.25) is 0 Å². The highest BCUT2D eigenvalue weighted by Gasteiger charge is 2.15. The number of nitrogens with zero attached hydrogens (tertiary/aromatic N) is 1. The van der Waals surface area contributed by atoms with Gasteiger partial charge in [0.05, 0.1) is 11.7 Å². The van der Waals surface area contributed by atoms with Crippen molar-refractivity contribution in [2.24, 2.45) is 0 Å². The summed E-state index contributed by atoms with van der Waals surface area (Å²) in [5.74, 6) is 0.868. The van der Waals surface area contributed by atoms with Crippen LogP contribution < -0.4 is 10.1 Å². The zero-order valence-corrected chi connectivity index (χ0v) is 9.02. The molecule has 1 aliphatic rings. The average Bonchev–Trinajstić information content (AvgIpc) is 2.82. The molecule has 2 aromatic rings. The topological polar surface area (TPSA) is 34.1 Å². The van der Waals surface area contributed by atoms with Crippen molar-refractivity contribution in [1.29, 1.82) is 0 Å². The zero-order valence-electron chi connectivity index (χ0n) is 9.02. The van der Waals surface area contributed by atoms with Crippen LogP contribution in [0.2, 0.25) is 0 Å². The lowest BCUT2D eigenvalue weighted by Crippen LogP contribution is -2.19. The molecule has 0 saturated carbocycles. The van der Waals surface area contributed by atoms with Gasteiger partial charge in [0, 0.05) is 11.9 Å². The van der Waals surface area contributed by atoms with Crippen LogP contribution in [0.25, 0.3) is 10.9 Å². The van der Waals surface area contributed by atoms with E-state index in [0.717, 1.165) is 36.2 Å². The molecule has 1 aromatic heterocycles. The van der Waals surface area contributed by atoms with Crippen molar-refractivity contribution in [3.05, 3.63) is 36.5 Å². The fraction of sp³-hybridized carbons (Fsp3) is 0.308. The number of ether oxygens (including phenoxy) is 1. The van der Waals surface area contributed by atoms with E-state index < -0.39 is 0 Å². The maximum atomic E-state index is 5.86. The standard InChI is InChI=1S/C13H14N2O/c1-2-4-13-10(3-1)7-12(9-15-13)16-11-5-6-14-8-11/h1-4,7,9,11,14H,5-6,8H2/t11-/m0/s1. The molecule has 1 aliphatic heterocycles. The molecular formula is C13H14N2O. The first-order valence-electron chi connectivity index (χ1n) is 5.64. The van der Waals surface area contributed by atoms with Gasteiger partial charge in [0.1, 0.15) is 11.9 Å². The van der Waals surface area contributed by atoms with Crippen LogP contribution in [0.4, 0.5) is 0 Å². The highest BCUT2D eigenvalue weighted by atomic mass is 16.5. The number of nitrogens with one attached hydrogen (secondary N) is 1. The lowest BCUT2D eigenvalue weighted by Gasteiger charge is -2.12. The molecule has 16 heavy (non-hydrogen) atoms. The van der Waals surface area contributed by atoms with Crippen LogP contribution >= 0.6 is 0 Å². The lowest BCUT2D eigenvalue weighted by atomic mass is 10.2. The number of rotatable bonds is 2. The number of para-hydroxylation sites is 1. The Balaban J connectivity index is 1.86. The first-order valence-corrected chi connectivity index (χ1v) is 5.64. The largest absolute Gasteiger partial charge is 0.487 e. The van der Waals surface area contributed by atoms with E-state index in [-0.39, 0.29) is 0 Å². The Morgan fingerprint density at radius 2 is 2.25 bits per heavy atom. The van der Waals surface area contributed by atoms with Crippen molar-refractivity contribution in [3.63, 3.8) is 0 Å². The third-order valence-corrected chi connectivity index (χ3v) is 2.88. The summed E-state index contributed by atoms with van der Waals surface area (Å²) < 4.78 is 5.86. The summed E-state index contributed by atoms with van der Waals surface area (Å²) in [6.45, 7) is 1.98.